The number of carbonyl (C=O) groups excluding carboxylic acids is 1. The Labute approximate surface area is 152 Å². The van der Waals surface area contributed by atoms with Crippen LogP contribution in [0.15, 0.2) is 24.8 Å². The molecule has 2 heteroatoms. The van der Waals surface area contributed by atoms with Gasteiger partial charge in [-0.2, -0.15) is 0 Å². The van der Waals surface area contributed by atoms with Crippen molar-refractivity contribution in [3.63, 3.8) is 0 Å². The van der Waals surface area contributed by atoms with E-state index in [-0.39, 0.29) is 11.3 Å². The summed E-state index contributed by atoms with van der Waals surface area (Å²) >= 11 is 0. The topological polar surface area (TPSA) is 37.3 Å². The Morgan fingerprint density at radius 2 is 1.96 bits per heavy atom. The average molecular weight is 343 g/mol. The summed E-state index contributed by atoms with van der Waals surface area (Å²) < 4.78 is 0. The van der Waals surface area contributed by atoms with Gasteiger partial charge in [-0.05, 0) is 86.4 Å². The van der Waals surface area contributed by atoms with Crippen LogP contribution in [0.5, 0.6) is 0 Å². The molecule has 0 spiro atoms. The van der Waals surface area contributed by atoms with Crippen LogP contribution in [-0.2, 0) is 4.79 Å². The largest absolute Gasteiger partial charge is 0.386 e. The normalized spacial score (nSPS) is 54.3. The number of hydrogen-bond donors (Lipinski definition) is 1. The van der Waals surface area contributed by atoms with E-state index in [0.717, 1.165) is 31.6 Å². The van der Waals surface area contributed by atoms with Crippen LogP contribution in [0.2, 0.25) is 0 Å². The SMILES string of the molecule is C=CC1(O)CC[C@@]2(C)C(CC[C@H]3[C@@H]4CC[C@H](C(C)=O)[C@@]4(C)C=C[C@@H]32)C1. The summed E-state index contributed by atoms with van der Waals surface area (Å²) in [4.78, 5) is 12.2. The third-order valence-corrected chi connectivity index (χ3v) is 9.07. The minimum absolute atomic E-state index is 0.0761. The molecular weight excluding hydrogens is 308 g/mol. The van der Waals surface area contributed by atoms with Crippen LogP contribution in [-0.4, -0.2) is 16.5 Å². The van der Waals surface area contributed by atoms with Crippen molar-refractivity contribution in [2.45, 2.75) is 71.3 Å². The number of aliphatic hydroxyl groups is 1. The smallest absolute Gasteiger partial charge is 0.133 e. The van der Waals surface area contributed by atoms with Crippen LogP contribution < -0.4 is 0 Å². The third kappa shape index (κ3) is 2.36. The average Bonchev–Trinajstić information content (AvgIpc) is 2.93. The maximum Gasteiger partial charge on any atom is 0.133 e. The van der Waals surface area contributed by atoms with Crippen LogP contribution in [0.3, 0.4) is 0 Å². The van der Waals surface area contributed by atoms with Crippen molar-refractivity contribution in [3.05, 3.63) is 24.8 Å². The molecular formula is C23H34O2. The Hall–Kier alpha value is -0.890. The first-order valence-corrected chi connectivity index (χ1v) is 10.3. The molecule has 25 heavy (non-hydrogen) atoms. The lowest BCUT2D eigenvalue weighted by atomic mass is 9.45. The van der Waals surface area contributed by atoms with Crippen molar-refractivity contribution >= 4 is 5.78 Å². The first-order valence-electron chi connectivity index (χ1n) is 10.3. The molecule has 0 amide bonds. The molecule has 0 aromatic rings. The van der Waals surface area contributed by atoms with Gasteiger partial charge in [-0.15, -0.1) is 6.58 Å². The Kier molecular flexibility index (Phi) is 3.89. The lowest BCUT2D eigenvalue weighted by Crippen LogP contribution is -2.54. The molecule has 0 heterocycles. The molecule has 8 atom stereocenters. The van der Waals surface area contributed by atoms with E-state index in [0.29, 0.717) is 29.0 Å². The minimum Gasteiger partial charge on any atom is -0.386 e. The highest BCUT2D eigenvalue weighted by molar-refractivity contribution is 5.80. The van der Waals surface area contributed by atoms with E-state index >= 15 is 0 Å². The molecule has 4 aliphatic rings. The Balaban J connectivity index is 1.66. The zero-order valence-electron chi connectivity index (χ0n) is 16.1. The van der Waals surface area contributed by atoms with Gasteiger partial charge >= 0.3 is 0 Å². The second-order valence-corrected chi connectivity index (χ2v) is 10.1. The maximum atomic E-state index is 12.2. The van der Waals surface area contributed by atoms with Gasteiger partial charge in [-0.1, -0.05) is 32.1 Å². The summed E-state index contributed by atoms with van der Waals surface area (Å²) in [5.74, 6) is 3.18. The van der Waals surface area contributed by atoms with Gasteiger partial charge < -0.3 is 5.11 Å². The predicted molar refractivity (Wildman–Crippen MR) is 101 cm³/mol. The number of fused-ring (bicyclic) bond motifs is 5. The summed E-state index contributed by atoms with van der Waals surface area (Å²) in [5, 5.41) is 10.7. The van der Waals surface area contributed by atoms with Gasteiger partial charge in [0.2, 0.25) is 0 Å². The first kappa shape index (κ1) is 17.5. The van der Waals surface area contributed by atoms with Gasteiger partial charge in [0.25, 0.3) is 0 Å². The summed E-state index contributed by atoms with van der Waals surface area (Å²) in [6, 6.07) is 0. The van der Waals surface area contributed by atoms with E-state index in [4.69, 9.17) is 0 Å². The van der Waals surface area contributed by atoms with Crippen molar-refractivity contribution in [1.82, 2.24) is 0 Å². The molecule has 0 aromatic heterocycles. The van der Waals surface area contributed by atoms with Crippen LogP contribution in [0, 0.1) is 40.4 Å². The number of rotatable bonds is 2. The highest BCUT2D eigenvalue weighted by Crippen LogP contribution is 2.65. The first-order chi connectivity index (χ1) is 11.7. The summed E-state index contributed by atoms with van der Waals surface area (Å²) in [7, 11) is 0. The number of carbonyl (C=O) groups is 1. The number of allylic oxidation sites excluding steroid dienone is 2. The molecule has 0 aliphatic heterocycles. The predicted octanol–water partition coefficient (Wildman–Crippen LogP) is 4.93. The molecule has 4 aliphatic carbocycles. The Bertz CT molecular complexity index is 622. The van der Waals surface area contributed by atoms with E-state index in [1.54, 1.807) is 13.0 Å². The fraction of sp³-hybridized carbons (Fsp3) is 0.783. The van der Waals surface area contributed by atoms with E-state index in [2.05, 4.69) is 32.6 Å². The van der Waals surface area contributed by atoms with E-state index in [1.807, 2.05) is 0 Å². The van der Waals surface area contributed by atoms with E-state index in [1.165, 1.54) is 19.3 Å². The summed E-state index contributed by atoms with van der Waals surface area (Å²) in [6.07, 6.45) is 14.3. The molecule has 0 bridgehead atoms. The number of ketones is 1. The minimum atomic E-state index is -0.656. The van der Waals surface area contributed by atoms with Gasteiger partial charge in [0.15, 0.2) is 0 Å². The lowest BCUT2D eigenvalue weighted by molar-refractivity contribution is -0.125. The highest BCUT2D eigenvalue weighted by atomic mass is 16.3. The molecule has 2 nitrogen and oxygen atoms in total. The molecule has 3 saturated carbocycles. The van der Waals surface area contributed by atoms with Crippen molar-refractivity contribution in [2.24, 2.45) is 40.4 Å². The lowest BCUT2D eigenvalue weighted by Gasteiger charge is -2.59. The highest BCUT2D eigenvalue weighted by Gasteiger charge is 2.59. The number of hydrogen-bond acceptors (Lipinski definition) is 2. The van der Waals surface area contributed by atoms with Crippen molar-refractivity contribution in [3.8, 4) is 0 Å². The van der Waals surface area contributed by atoms with Crippen LogP contribution >= 0.6 is 0 Å². The Morgan fingerprint density at radius 3 is 2.64 bits per heavy atom. The fourth-order valence-corrected chi connectivity index (χ4v) is 7.48. The van der Waals surface area contributed by atoms with Gasteiger partial charge in [-0.25, -0.2) is 0 Å². The van der Waals surface area contributed by atoms with Crippen molar-refractivity contribution in [2.75, 3.05) is 0 Å². The van der Waals surface area contributed by atoms with Crippen LogP contribution in [0.4, 0.5) is 0 Å². The molecule has 0 aromatic carbocycles. The molecule has 1 N–H and O–H groups in total. The van der Waals surface area contributed by atoms with E-state index < -0.39 is 5.60 Å². The Morgan fingerprint density at radius 1 is 1.20 bits per heavy atom. The maximum absolute atomic E-state index is 12.2. The molecule has 138 valence electrons. The molecule has 4 rings (SSSR count). The number of Topliss-reactive ketones (excluding diaryl/α,β-unsaturated/α-hetero) is 1. The standard InChI is InChI=1S/C23H34O2/c1-5-23(25)13-12-21(3)16(14-23)6-7-17-19-9-8-18(15(2)24)22(19,4)11-10-20(17)21/h5,10-11,16-20,25H,1,6-9,12-14H2,2-4H3/t16?,17-,18+,19-,20-,21-,22+,23?/m0/s1. The quantitative estimate of drug-likeness (QED) is 0.723. The van der Waals surface area contributed by atoms with E-state index in [9.17, 15) is 9.90 Å². The molecule has 3 fully saturated rings. The van der Waals surface area contributed by atoms with Gasteiger partial charge in [-0.3, -0.25) is 4.79 Å². The molecule has 0 radical (unpaired) electrons. The van der Waals surface area contributed by atoms with Crippen molar-refractivity contribution < 1.29 is 9.90 Å². The van der Waals surface area contributed by atoms with Crippen LogP contribution in [0.25, 0.3) is 0 Å². The van der Waals surface area contributed by atoms with Crippen molar-refractivity contribution in [1.29, 1.82) is 0 Å². The summed E-state index contributed by atoms with van der Waals surface area (Å²) in [6.45, 7) is 10.5. The van der Waals surface area contributed by atoms with Gasteiger partial charge in [0.05, 0.1) is 5.60 Å². The second-order valence-electron chi connectivity index (χ2n) is 10.1. The van der Waals surface area contributed by atoms with Gasteiger partial charge in [0, 0.05) is 5.92 Å². The monoisotopic (exact) mass is 342 g/mol. The van der Waals surface area contributed by atoms with Crippen LogP contribution in [0.1, 0.15) is 65.7 Å². The third-order valence-electron chi connectivity index (χ3n) is 9.07. The zero-order chi connectivity index (χ0) is 18.0. The second kappa shape index (κ2) is 5.55. The fourth-order valence-electron chi connectivity index (χ4n) is 7.48. The summed E-state index contributed by atoms with van der Waals surface area (Å²) in [5.41, 5.74) is -0.284. The molecule has 2 unspecified atom stereocenters. The zero-order valence-corrected chi connectivity index (χ0v) is 16.1. The molecule has 0 saturated heterocycles. The van der Waals surface area contributed by atoms with Gasteiger partial charge in [0.1, 0.15) is 5.78 Å².